The number of carbonyl (C=O) groups is 1. The van der Waals surface area contributed by atoms with Crippen LogP contribution in [0, 0.1) is 5.82 Å². The molecule has 0 N–H and O–H groups in total. The summed E-state index contributed by atoms with van der Waals surface area (Å²) in [5.41, 5.74) is 0.161. The molecule has 1 aromatic rings. The number of hydrogen-bond acceptors (Lipinski definition) is 2. The molecule has 5 heteroatoms. The van der Waals surface area contributed by atoms with Crippen molar-refractivity contribution >= 4 is 22.0 Å². The van der Waals surface area contributed by atoms with Gasteiger partial charge in [-0.1, -0.05) is 22.0 Å². The van der Waals surface area contributed by atoms with Gasteiger partial charge in [-0.3, -0.25) is 0 Å². The van der Waals surface area contributed by atoms with Crippen LogP contribution in [0.3, 0.4) is 0 Å². The lowest BCUT2D eigenvalue weighted by Gasteiger charge is -2.40. The van der Waals surface area contributed by atoms with Gasteiger partial charge in [0.2, 0.25) is 0 Å². The van der Waals surface area contributed by atoms with Gasteiger partial charge in [-0.2, -0.15) is 0 Å². The third kappa shape index (κ3) is 3.47. The second-order valence-electron chi connectivity index (χ2n) is 5.75. The van der Waals surface area contributed by atoms with Crippen LogP contribution in [0.2, 0.25) is 0 Å². The summed E-state index contributed by atoms with van der Waals surface area (Å²) in [4.78, 5) is 13.4. The second kappa shape index (κ2) is 5.12. The summed E-state index contributed by atoms with van der Waals surface area (Å²) in [5.74, 6) is -0.177. The van der Waals surface area contributed by atoms with Crippen molar-refractivity contribution in [1.29, 1.82) is 0 Å². The maximum Gasteiger partial charge on any atom is 0.410 e. The number of likely N-dealkylation sites (tertiary alicyclic amines) is 1. The van der Waals surface area contributed by atoms with E-state index in [9.17, 15) is 9.18 Å². The van der Waals surface area contributed by atoms with E-state index in [1.54, 1.807) is 11.0 Å². The molecular formula is C14H17BrFNO2. The molecule has 1 saturated heterocycles. The molecule has 0 aromatic heterocycles. The summed E-state index contributed by atoms with van der Waals surface area (Å²) in [7, 11) is 0. The first-order valence-electron chi connectivity index (χ1n) is 6.19. The Labute approximate surface area is 120 Å². The van der Waals surface area contributed by atoms with Crippen molar-refractivity contribution < 1.29 is 13.9 Å². The van der Waals surface area contributed by atoms with Gasteiger partial charge in [-0.25, -0.2) is 9.18 Å². The summed E-state index contributed by atoms with van der Waals surface area (Å²) in [6.45, 7) is 6.50. The van der Waals surface area contributed by atoms with Crippen molar-refractivity contribution in [3.05, 3.63) is 34.1 Å². The molecule has 2 rings (SSSR count). The highest BCUT2D eigenvalue weighted by atomic mass is 79.9. The lowest BCUT2D eigenvalue weighted by atomic mass is 9.91. The molecule has 1 heterocycles. The Morgan fingerprint density at radius 2 is 2.05 bits per heavy atom. The third-order valence-electron chi connectivity index (χ3n) is 2.94. The predicted molar refractivity (Wildman–Crippen MR) is 74.6 cm³/mol. The number of halogens is 2. The molecule has 1 fully saturated rings. The normalized spacial score (nSPS) is 16.2. The molecule has 1 aromatic carbocycles. The molecule has 104 valence electrons. The van der Waals surface area contributed by atoms with Crippen LogP contribution in [0.15, 0.2) is 22.7 Å². The number of hydrogen-bond donors (Lipinski definition) is 0. The van der Waals surface area contributed by atoms with Gasteiger partial charge in [0, 0.05) is 23.5 Å². The quantitative estimate of drug-likeness (QED) is 0.781. The van der Waals surface area contributed by atoms with E-state index < -0.39 is 5.60 Å². The van der Waals surface area contributed by atoms with Crippen molar-refractivity contribution in [1.82, 2.24) is 4.90 Å². The first-order chi connectivity index (χ1) is 8.76. The minimum Gasteiger partial charge on any atom is -0.444 e. The van der Waals surface area contributed by atoms with Gasteiger partial charge >= 0.3 is 6.09 Å². The number of amides is 1. The SMILES string of the molecule is CC(C)(C)OC(=O)N1CC(c2ccc(Br)cc2F)C1. The molecule has 19 heavy (non-hydrogen) atoms. The zero-order chi connectivity index (χ0) is 14.2. The molecule has 0 radical (unpaired) electrons. The third-order valence-corrected chi connectivity index (χ3v) is 3.43. The first-order valence-corrected chi connectivity index (χ1v) is 6.98. The molecule has 0 atom stereocenters. The largest absolute Gasteiger partial charge is 0.444 e. The molecule has 0 unspecified atom stereocenters. The van der Waals surface area contributed by atoms with Crippen LogP contribution >= 0.6 is 15.9 Å². The Morgan fingerprint density at radius 1 is 1.42 bits per heavy atom. The monoisotopic (exact) mass is 329 g/mol. The molecule has 1 aliphatic heterocycles. The highest BCUT2D eigenvalue weighted by molar-refractivity contribution is 9.10. The highest BCUT2D eigenvalue weighted by Crippen LogP contribution is 2.31. The molecule has 0 saturated carbocycles. The molecule has 0 aliphatic carbocycles. The van der Waals surface area contributed by atoms with Gasteiger partial charge in [0.05, 0.1) is 0 Å². The smallest absolute Gasteiger partial charge is 0.410 e. The predicted octanol–water partition coefficient (Wildman–Crippen LogP) is 3.92. The molecule has 0 bridgehead atoms. The van der Waals surface area contributed by atoms with Crippen LogP contribution in [0.4, 0.5) is 9.18 Å². The van der Waals surface area contributed by atoms with E-state index in [1.165, 1.54) is 6.07 Å². The fourth-order valence-corrected chi connectivity index (χ4v) is 2.32. The van der Waals surface area contributed by atoms with E-state index in [0.29, 0.717) is 18.7 Å². The Morgan fingerprint density at radius 3 is 2.58 bits per heavy atom. The average molecular weight is 330 g/mol. The van der Waals surface area contributed by atoms with E-state index in [0.717, 1.165) is 4.47 Å². The van der Waals surface area contributed by atoms with Gasteiger partial charge in [-0.15, -0.1) is 0 Å². The van der Waals surface area contributed by atoms with Gasteiger partial charge in [0.1, 0.15) is 11.4 Å². The Balaban J connectivity index is 1.94. The van der Waals surface area contributed by atoms with Crippen LogP contribution in [0.25, 0.3) is 0 Å². The van der Waals surface area contributed by atoms with Gasteiger partial charge < -0.3 is 9.64 Å². The fourth-order valence-electron chi connectivity index (χ4n) is 1.98. The maximum atomic E-state index is 13.8. The maximum absolute atomic E-state index is 13.8. The minimum atomic E-state index is -0.495. The van der Waals surface area contributed by atoms with Crippen LogP contribution in [-0.2, 0) is 4.74 Å². The van der Waals surface area contributed by atoms with E-state index in [2.05, 4.69) is 15.9 Å². The van der Waals surface area contributed by atoms with Gasteiger partial charge in [0.25, 0.3) is 0 Å². The summed E-state index contributed by atoms with van der Waals surface area (Å²) < 4.78 is 19.7. The van der Waals surface area contributed by atoms with Crippen LogP contribution in [0.5, 0.6) is 0 Å². The first kappa shape index (κ1) is 14.3. The number of rotatable bonds is 1. The summed E-state index contributed by atoms with van der Waals surface area (Å²) in [6.07, 6.45) is -0.332. The van der Waals surface area contributed by atoms with E-state index in [1.807, 2.05) is 26.8 Å². The van der Waals surface area contributed by atoms with Crippen molar-refractivity contribution in [2.45, 2.75) is 32.3 Å². The van der Waals surface area contributed by atoms with Crippen LogP contribution in [-0.4, -0.2) is 29.7 Å². The topological polar surface area (TPSA) is 29.5 Å². The average Bonchev–Trinajstić information content (AvgIpc) is 2.16. The number of carbonyl (C=O) groups excluding carboxylic acids is 1. The lowest BCUT2D eigenvalue weighted by molar-refractivity contribution is 0.00790. The van der Waals surface area contributed by atoms with E-state index in [-0.39, 0.29) is 17.8 Å². The summed E-state index contributed by atoms with van der Waals surface area (Å²) in [5, 5.41) is 0. The standard InChI is InChI=1S/C14H17BrFNO2/c1-14(2,3)19-13(18)17-7-9(8-17)11-5-4-10(15)6-12(11)16/h4-6,9H,7-8H2,1-3H3. The summed E-state index contributed by atoms with van der Waals surface area (Å²) in [6, 6.07) is 5.02. The zero-order valence-corrected chi connectivity index (χ0v) is 12.8. The van der Waals surface area contributed by atoms with Gasteiger partial charge in [0.15, 0.2) is 0 Å². The zero-order valence-electron chi connectivity index (χ0n) is 11.2. The Bertz CT molecular complexity index is 493. The molecule has 1 aliphatic rings. The van der Waals surface area contributed by atoms with Crippen LogP contribution < -0.4 is 0 Å². The molecule has 0 spiro atoms. The number of benzene rings is 1. The fraction of sp³-hybridized carbons (Fsp3) is 0.500. The Kier molecular flexibility index (Phi) is 3.85. The van der Waals surface area contributed by atoms with E-state index in [4.69, 9.17) is 4.74 Å². The van der Waals surface area contributed by atoms with Crippen molar-refractivity contribution in [2.24, 2.45) is 0 Å². The lowest BCUT2D eigenvalue weighted by Crippen LogP contribution is -2.50. The number of nitrogens with zero attached hydrogens (tertiary/aromatic N) is 1. The van der Waals surface area contributed by atoms with Crippen molar-refractivity contribution in [2.75, 3.05) is 13.1 Å². The second-order valence-corrected chi connectivity index (χ2v) is 6.66. The summed E-state index contributed by atoms with van der Waals surface area (Å²) >= 11 is 3.23. The highest BCUT2D eigenvalue weighted by Gasteiger charge is 2.35. The van der Waals surface area contributed by atoms with Crippen molar-refractivity contribution in [3.8, 4) is 0 Å². The minimum absolute atomic E-state index is 0.0561. The van der Waals surface area contributed by atoms with Gasteiger partial charge in [-0.05, 0) is 38.5 Å². The van der Waals surface area contributed by atoms with Crippen molar-refractivity contribution in [3.63, 3.8) is 0 Å². The number of ether oxygens (including phenoxy) is 1. The molecular weight excluding hydrogens is 313 g/mol. The molecule has 3 nitrogen and oxygen atoms in total. The Hall–Kier alpha value is -1.10. The molecule has 1 amide bonds. The van der Waals surface area contributed by atoms with Crippen LogP contribution in [0.1, 0.15) is 32.3 Å². The van der Waals surface area contributed by atoms with E-state index >= 15 is 0 Å².